The molecule has 0 aromatic rings. The zero-order valence-corrected chi connectivity index (χ0v) is 22.5. The Hall–Kier alpha value is -2.21. The zero-order valence-electron chi connectivity index (χ0n) is 22.5. The summed E-state index contributed by atoms with van der Waals surface area (Å²) in [5.74, 6) is -2.48. The smallest absolute Gasteiger partial charge is 0.344 e. The molecule has 5 rings (SSSR count). The highest BCUT2D eigenvalue weighted by atomic mass is 16.6. The SMILES string of the molecule is CCCCCC1=C(C(=O)OC2(N)CC3CC34C(C)(C)CC24C)C(O)=C(C2C=C(C)CCC2)C(=O)C1=O. The van der Waals surface area contributed by atoms with Gasteiger partial charge in [-0.2, -0.15) is 0 Å². The summed E-state index contributed by atoms with van der Waals surface area (Å²) in [6, 6.07) is 0. The van der Waals surface area contributed by atoms with Crippen molar-refractivity contribution in [3.63, 3.8) is 0 Å². The summed E-state index contributed by atoms with van der Waals surface area (Å²) in [6.07, 6.45) is 9.63. The third kappa shape index (κ3) is 3.22. The highest BCUT2D eigenvalue weighted by Crippen LogP contribution is 2.90. The summed E-state index contributed by atoms with van der Waals surface area (Å²) < 4.78 is 6.12. The fourth-order valence-electron chi connectivity index (χ4n) is 8.86. The number of aliphatic hydroxyl groups excluding tert-OH is 1. The number of carbonyl (C=O) groups is 3. The van der Waals surface area contributed by atoms with Crippen molar-refractivity contribution in [1.82, 2.24) is 0 Å². The first-order chi connectivity index (χ1) is 16.8. The standard InChI is InChI=1S/C30H41NO5/c1-6-7-8-12-20-22(24(33)21(25(34)23(20)32)18-11-9-10-17(2)13-18)26(35)36-30(31)15-19-14-29(19)27(3,4)16-28(29,30)5/h13,18-19,33H,6-12,14-16,31H2,1-5H3. The van der Waals surface area contributed by atoms with Crippen LogP contribution in [0.15, 0.2) is 34.1 Å². The maximum absolute atomic E-state index is 13.8. The van der Waals surface area contributed by atoms with E-state index in [1.807, 2.05) is 19.9 Å². The minimum atomic E-state index is -1.16. The minimum absolute atomic E-state index is 0.0399. The monoisotopic (exact) mass is 495 g/mol. The normalized spacial score (nSPS) is 38.9. The second kappa shape index (κ2) is 8.14. The molecule has 3 fully saturated rings. The largest absolute Gasteiger partial charge is 0.507 e. The van der Waals surface area contributed by atoms with E-state index in [9.17, 15) is 19.5 Å². The van der Waals surface area contributed by atoms with Gasteiger partial charge in [-0.25, -0.2) is 4.79 Å². The second-order valence-corrected chi connectivity index (χ2v) is 13.0. The van der Waals surface area contributed by atoms with Gasteiger partial charge in [0.05, 0.1) is 5.57 Å². The fourth-order valence-corrected chi connectivity index (χ4v) is 8.86. The molecule has 0 aromatic heterocycles. The molecular weight excluding hydrogens is 454 g/mol. The number of ether oxygens (including phenoxy) is 1. The van der Waals surface area contributed by atoms with E-state index in [1.54, 1.807) is 0 Å². The number of hydrogen-bond donors (Lipinski definition) is 2. The number of hydrogen-bond acceptors (Lipinski definition) is 6. The van der Waals surface area contributed by atoms with Gasteiger partial charge >= 0.3 is 5.97 Å². The molecule has 5 unspecified atom stereocenters. The van der Waals surface area contributed by atoms with Gasteiger partial charge in [-0.3, -0.25) is 15.3 Å². The third-order valence-electron chi connectivity index (χ3n) is 10.5. The molecule has 3 saturated carbocycles. The van der Waals surface area contributed by atoms with E-state index < -0.39 is 23.3 Å². The van der Waals surface area contributed by atoms with Crippen molar-refractivity contribution < 1.29 is 24.2 Å². The van der Waals surface area contributed by atoms with Gasteiger partial charge in [0.1, 0.15) is 11.3 Å². The first-order valence-electron chi connectivity index (χ1n) is 13.8. The maximum atomic E-state index is 13.8. The molecule has 6 heteroatoms. The average molecular weight is 496 g/mol. The van der Waals surface area contributed by atoms with Crippen LogP contribution in [0.3, 0.4) is 0 Å². The molecule has 0 radical (unpaired) electrons. The highest BCUT2D eigenvalue weighted by Gasteiger charge is 2.88. The van der Waals surface area contributed by atoms with Gasteiger partial charge in [0.2, 0.25) is 11.6 Å². The molecule has 5 atom stereocenters. The molecule has 5 aliphatic rings. The van der Waals surface area contributed by atoms with E-state index in [-0.39, 0.29) is 51.1 Å². The van der Waals surface area contributed by atoms with Crippen molar-refractivity contribution in [3.05, 3.63) is 34.1 Å². The fraction of sp³-hybridized carbons (Fsp3) is 0.700. The molecule has 6 nitrogen and oxygen atoms in total. The average Bonchev–Trinajstić information content (AvgIpc) is 3.51. The van der Waals surface area contributed by atoms with E-state index >= 15 is 0 Å². The number of nitrogens with two attached hydrogens (primary N) is 1. The summed E-state index contributed by atoms with van der Waals surface area (Å²) in [7, 11) is 0. The lowest BCUT2D eigenvalue weighted by molar-refractivity contribution is -0.222. The zero-order chi connectivity index (χ0) is 26.3. The minimum Gasteiger partial charge on any atom is -0.507 e. The molecule has 0 aromatic carbocycles. The molecule has 36 heavy (non-hydrogen) atoms. The van der Waals surface area contributed by atoms with Crippen LogP contribution in [-0.2, 0) is 19.1 Å². The van der Waals surface area contributed by atoms with Gasteiger partial charge in [-0.1, -0.05) is 52.2 Å². The van der Waals surface area contributed by atoms with Crippen LogP contribution < -0.4 is 5.73 Å². The Labute approximate surface area is 214 Å². The molecule has 0 aliphatic heterocycles. The summed E-state index contributed by atoms with van der Waals surface area (Å²) in [5.41, 5.74) is 6.71. The summed E-state index contributed by atoms with van der Waals surface area (Å²) >= 11 is 0. The van der Waals surface area contributed by atoms with Gasteiger partial charge < -0.3 is 9.84 Å². The van der Waals surface area contributed by atoms with Crippen LogP contribution in [0.1, 0.15) is 98.8 Å². The van der Waals surface area contributed by atoms with E-state index in [4.69, 9.17) is 10.5 Å². The van der Waals surface area contributed by atoms with Crippen molar-refractivity contribution in [3.8, 4) is 0 Å². The lowest BCUT2D eigenvalue weighted by atomic mass is 9.43. The molecule has 0 bridgehead atoms. The summed E-state index contributed by atoms with van der Waals surface area (Å²) in [6.45, 7) is 10.7. The van der Waals surface area contributed by atoms with Crippen LogP contribution in [-0.4, -0.2) is 28.4 Å². The number of allylic oxidation sites excluding steroid dienone is 4. The molecule has 0 saturated heterocycles. The molecule has 0 heterocycles. The van der Waals surface area contributed by atoms with Crippen LogP contribution >= 0.6 is 0 Å². The number of rotatable bonds is 7. The lowest BCUT2D eigenvalue weighted by Gasteiger charge is -2.63. The van der Waals surface area contributed by atoms with Crippen molar-refractivity contribution in [2.24, 2.45) is 33.8 Å². The molecule has 5 aliphatic carbocycles. The van der Waals surface area contributed by atoms with Crippen LogP contribution in [0.5, 0.6) is 0 Å². The van der Waals surface area contributed by atoms with Gasteiger partial charge in [-0.05, 0) is 68.6 Å². The Morgan fingerprint density at radius 2 is 1.89 bits per heavy atom. The Morgan fingerprint density at radius 1 is 1.17 bits per heavy atom. The predicted octanol–water partition coefficient (Wildman–Crippen LogP) is 5.62. The number of ketones is 2. The Bertz CT molecular complexity index is 1140. The molecule has 0 amide bonds. The van der Waals surface area contributed by atoms with Crippen molar-refractivity contribution in [2.75, 3.05) is 0 Å². The van der Waals surface area contributed by atoms with Gasteiger partial charge in [0, 0.05) is 23.3 Å². The maximum Gasteiger partial charge on any atom is 0.344 e. The second-order valence-electron chi connectivity index (χ2n) is 13.0. The van der Waals surface area contributed by atoms with Crippen molar-refractivity contribution in [1.29, 1.82) is 0 Å². The van der Waals surface area contributed by atoms with Crippen molar-refractivity contribution in [2.45, 2.75) is 105 Å². The van der Waals surface area contributed by atoms with E-state index in [1.165, 1.54) is 0 Å². The number of aliphatic hydroxyl groups is 1. The van der Waals surface area contributed by atoms with Crippen LogP contribution in [0.25, 0.3) is 0 Å². The number of carbonyl (C=O) groups excluding carboxylic acids is 3. The van der Waals surface area contributed by atoms with Crippen molar-refractivity contribution >= 4 is 17.5 Å². The number of Topliss-reactive ketones (excluding diaryl/α,β-unsaturated/α-hetero) is 2. The lowest BCUT2D eigenvalue weighted by Crippen LogP contribution is -2.67. The quantitative estimate of drug-likeness (QED) is 0.119. The van der Waals surface area contributed by atoms with Gasteiger partial charge in [0.15, 0.2) is 5.72 Å². The Kier molecular flexibility index (Phi) is 5.75. The summed E-state index contributed by atoms with van der Waals surface area (Å²) in [4.78, 5) is 40.4. The first kappa shape index (κ1) is 25.4. The molecule has 1 spiro atoms. The van der Waals surface area contributed by atoms with Crippen LogP contribution in [0.2, 0.25) is 0 Å². The molecular formula is C30H41NO5. The Morgan fingerprint density at radius 3 is 2.50 bits per heavy atom. The predicted molar refractivity (Wildman–Crippen MR) is 137 cm³/mol. The molecule has 3 N–H and O–H groups in total. The summed E-state index contributed by atoms with van der Waals surface area (Å²) in [5, 5.41) is 11.4. The number of unbranched alkanes of at least 4 members (excludes halogenated alkanes) is 2. The topological polar surface area (TPSA) is 107 Å². The highest BCUT2D eigenvalue weighted by molar-refractivity contribution is 6.51. The van der Waals surface area contributed by atoms with E-state index in [2.05, 4.69) is 20.8 Å². The van der Waals surface area contributed by atoms with E-state index in [0.29, 0.717) is 25.2 Å². The molecule has 196 valence electrons. The van der Waals surface area contributed by atoms with Gasteiger partial charge in [-0.15, -0.1) is 0 Å². The first-order valence-corrected chi connectivity index (χ1v) is 13.8. The van der Waals surface area contributed by atoms with Gasteiger partial charge in [0.25, 0.3) is 0 Å². The van der Waals surface area contributed by atoms with Crippen LogP contribution in [0, 0.1) is 28.1 Å². The van der Waals surface area contributed by atoms with Crippen LogP contribution in [0.4, 0.5) is 0 Å². The van der Waals surface area contributed by atoms with E-state index in [0.717, 1.165) is 44.1 Å². The third-order valence-corrected chi connectivity index (χ3v) is 10.5. The Balaban J connectivity index is 1.52. The number of esters is 1.